The number of amides is 1. The van der Waals surface area contributed by atoms with Gasteiger partial charge in [0.25, 0.3) is 5.91 Å². The van der Waals surface area contributed by atoms with Gasteiger partial charge < -0.3 is 4.98 Å². The summed E-state index contributed by atoms with van der Waals surface area (Å²) in [6, 6.07) is 15.4. The summed E-state index contributed by atoms with van der Waals surface area (Å²) in [4.78, 5) is 20.6. The number of aromatic amines is 1. The molecule has 0 radical (unpaired) electrons. The van der Waals surface area contributed by atoms with Crippen LogP contribution in [0, 0.1) is 17.1 Å². The van der Waals surface area contributed by atoms with Crippen LogP contribution in [0.25, 0.3) is 10.9 Å². The predicted octanol–water partition coefficient (Wildman–Crippen LogP) is 4.48. The number of fused-ring (bicyclic) bond motifs is 1. The zero-order valence-electron chi connectivity index (χ0n) is 14.0. The minimum absolute atomic E-state index is 0.328. The number of benzene rings is 2. The van der Waals surface area contributed by atoms with Gasteiger partial charge in [-0.2, -0.15) is 5.26 Å². The molecule has 0 aliphatic heterocycles. The molecule has 4 aromatic rings. The maximum absolute atomic E-state index is 13.3. The zero-order chi connectivity index (χ0) is 18.8. The normalized spacial score (nSPS) is 10.7. The first-order valence-corrected chi connectivity index (χ1v) is 8.96. The van der Waals surface area contributed by atoms with Crippen LogP contribution in [-0.4, -0.2) is 15.9 Å². The molecule has 2 N–H and O–H groups in total. The summed E-state index contributed by atoms with van der Waals surface area (Å²) in [5.74, 6) is -0.674. The van der Waals surface area contributed by atoms with E-state index >= 15 is 0 Å². The number of carbonyl (C=O) groups is 1. The molecule has 0 unspecified atom stereocenters. The van der Waals surface area contributed by atoms with E-state index in [1.54, 1.807) is 30.5 Å². The zero-order valence-corrected chi connectivity index (χ0v) is 14.8. The van der Waals surface area contributed by atoms with Gasteiger partial charge in [-0.3, -0.25) is 10.1 Å². The van der Waals surface area contributed by atoms with Crippen molar-refractivity contribution in [1.29, 1.82) is 5.26 Å². The van der Waals surface area contributed by atoms with Crippen LogP contribution in [0.3, 0.4) is 0 Å². The standard InChI is InChI=1S/C20H13FN4OS/c21-15-5-6-17-14(8-15)9-18(24-17)19(26)25-20-23-11-16(27-20)7-12-1-3-13(10-22)4-2-12/h1-6,8-9,11,24H,7H2,(H,23,25,26). The van der Waals surface area contributed by atoms with E-state index in [1.165, 1.54) is 23.5 Å². The van der Waals surface area contributed by atoms with E-state index in [0.717, 1.165) is 10.4 Å². The number of anilines is 1. The molecule has 0 aliphatic rings. The van der Waals surface area contributed by atoms with Crippen molar-refractivity contribution in [3.63, 3.8) is 0 Å². The third-order valence-corrected chi connectivity index (χ3v) is 4.98. The van der Waals surface area contributed by atoms with Crippen molar-refractivity contribution >= 4 is 33.3 Å². The van der Waals surface area contributed by atoms with E-state index in [2.05, 4.69) is 21.4 Å². The second-order valence-electron chi connectivity index (χ2n) is 5.99. The number of nitriles is 1. The molecule has 5 nitrogen and oxygen atoms in total. The fraction of sp³-hybridized carbons (Fsp3) is 0.0500. The molecule has 0 aliphatic carbocycles. The van der Waals surface area contributed by atoms with Crippen LogP contribution in [0.15, 0.2) is 54.7 Å². The van der Waals surface area contributed by atoms with Crippen molar-refractivity contribution in [3.05, 3.63) is 82.2 Å². The molecule has 0 bridgehead atoms. The topological polar surface area (TPSA) is 81.6 Å². The Morgan fingerprint density at radius 2 is 2.04 bits per heavy atom. The lowest BCUT2D eigenvalue weighted by Gasteiger charge is -1.99. The molecule has 132 valence electrons. The van der Waals surface area contributed by atoms with Crippen LogP contribution in [0.2, 0.25) is 0 Å². The third kappa shape index (κ3) is 3.71. The summed E-state index contributed by atoms with van der Waals surface area (Å²) in [5.41, 5.74) is 2.73. The van der Waals surface area contributed by atoms with Crippen molar-refractivity contribution in [2.45, 2.75) is 6.42 Å². The molecule has 0 spiro atoms. The van der Waals surface area contributed by atoms with E-state index in [9.17, 15) is 9.18 Å². The first-order chi connectivity index (χ1) is 13.1. The summed E-state index contributed by atoms with van der Waals surface area (Å²) in [6.45, 7) is 0. The number of nitrogens with one attached hydrogen (secondary N) is 2. The summed E-state index contributed by atoms with van der Waals surface area (Å²) in [5, 5.41) is 12.7. The molecular weight excluding hydrogens is 363 g/mol. The van der Waals surface area contributed by atoms with Crippen molar-refractivity contribution in [3.8, 4) is 6.07 Å². The number of H-pyrrole nitrogens is 1. The first-order valence-electron chi connectivity index (χ1n) is 8.14. The van der Waals surface area contributed by atoms with Gasteiger partial charge in [0, 0.05) is 28.4 Å². The summed E-state index contributed by atoms with van der Waals surface area (Å²) in [6.07, 6.45) is 2.39. The smallest absolute Gasteiger partial charge is 0.273 e. The van der Waals surface area contributed by atoms with Gasteiger partial charge in [-0.25, -0.2) is 9.37 Å². The molecule has 27 heavy (non-hydrogen) atoms. The van der Waals surface area contributed by atoms with Gasteiger partial charge in [-0.15, -0.1) is 11.3 Å². The largest absolute Gasteiger partial charge is 0.351 e. The molecule has 7 heteroatoms. The highest BCUT2D eigenvalue weighted by atomic mass is 32.1. The molecule has 0 fully saturated rings. The van der Waals surface area contributed by atoms with Crippen LogP contribution in [0.5, 0.6) is 0 Å². The fourth-order valence-electron chi connectivity index (χ4n) is 2.74. The second-order valence-corrected chi connectivity index (χ2v) is 7.10. The highest BCUT2D eigenvalue weighted by Crippen LogP contribution is 2.23. The minimum atomic E-state index is -0.346. The van der Waals surface area contributed by atoms with E-state index in [0.29, 0.717) is 33.7 Å². The molecule has 2 heterocycles. The van der Waals surface area contributed by atoms with Gasteiger partial charge >= 0.3 is 0 Å². The first kappa shape index (κ1) is 16.9. The Balaban J connectivity index is 1.46. The molecule has 0 saturated carbocycles. The van der Waals surface area contributed by atoms with E-state index in [4.69, 9.17) is 5.26 Å². The Morgan fingerprint density at radius 3 is 2.81 bits per heavy atom. The Bertz CT molecular complexity index is 1170. The average molecular weight is 376 g/mol. The van der Waals surface area contributed by atoms with Crippen molar-refractivity contribution in [2.75, 3.05) is 5.32 Å². The molecule has 4 rings (SSSR count). The van der Waals surface area contributed by atoms with Gasteiger partial charge in [0.1, 0.15) is 11.5 Å². The van der Waals surface area contributed by atoms with Gasteiger partial charge in [0.15, 0.2) is 5.13 Å². The lowest BCUT2D eigenvalue weighted by atomic mass is 10.1. The maximum Gasteiger partial charge on any atom is 0.273 e. The Morgan fingerprint density at radius 1 is 1.22 bits per heavy atom. The number of thiazole rings is 1. The highest BCUT2D eigenvalue weighted by Gasteiger charge is 2.12. The summed E-state index contributed by atoms with van der Waals surface area (Å²) < 4.78 is 13.3. The van der Waals surface area contributed by atoms with Crippen LogP contribution in [-0.2, 0) is 6.42 Å². The average Bonchev–Trinajstić information content (AvgIpc) is 3.28. The monoisotopic (exact) mass is 376 g/mol. The Labute approximate surface area is 158 Å². The predicted molar refractivity (Wildman–Crippen MR) is 102 cm³/mol. The molecule has 0 atom stereocenters. The number of nitrogens with zero attached hydrogens (tertiary/aromatic N) is 2. The van der Waals surface area contributed by atoms with Crippen LogP contribution >= 0.6 is 11.3 Å². The van der Waals surface area contributed by atoms with Crippen LogP contribution in [0.4, 0.5) is 9.52 Å². The number of rotatable bonds is 4. The summed E-state index contributed by atoms with van der Waals surface area (Å²) in [7, 11) is 0. The van der Waals surface area contributed by atoms with Gasteiger partial charge in [0.2, 0.25) is 0 Å². The third-order valence-electron chi connectivity index (χ3n) is 4.06. The molecule has 0 saturated heterocycles. The SMILES string of the molecule is N#Cc1ccc(Cc2cnc(NC(=O)c3cc4cc(F)ccc4[nH]3)s2)cc1. The number of halogens is 1. The molecule has 2 aromatic heterocycles. The van der Waals surface area contributed by atoms with E-state index < -0.39 is 0 Å². The van der Waals surface area contributed by atoms with Gasteiger partial charge in [0.05, 0.1) is 11.6 Å². The van der Waals surface area contributed by atoms with Crippen LogP contribution in [0.1, 0.15) is 26.5 Å². The maximum atomic E-state index is 13.3. The van der Waals surface area contributed by atoms with Crippen LogP contribution < -0.4 is 5.32 Å². The molecule has 2 aromatic carbocycles. The Kier molecular flexibility index (Phi) is 4.40. The summed E-state index contributed by atoms with van der Waals surface area (Å²) >= 11 is 1.39. The molecular formula is C20H13FN4OS. The number of hydrogen-bond donors (Lipinski definition) is 2. The fourth-order valence-corrected chi connectivity index (χ4v) is 3.58. The lowest BCUT2D eigenvalue weighted by Crippen LogP contribution is -2.11. The van der Waals surface area contributed by atoms with Gasteiger partial charge in [-0.1, -0.05) is 12.1 Å². The van der Waals surface area contributed by atoms with Crippen molar-refractivity contribution in [2.24, 2.45) is 0 Å². The van der Waals surface area contributed by atoms with Gasteiger partial charge in [-0.05, 0) is 42.0 Å². The van der Waals surface area contributed by atoms with Crippen molar-refractivity contribution in [1.82, 2.24) is 9.97 Å². The van der Waals surface area contributed by atoms with E-state index in [1.807, 2.05) is 12.1 Å². The van der Waals surface area contributed by atoms with Crippen molar-refractivity contribution < 1.29 is 9.18 Å². The highest BCUT2D eigenvalue weighted by molar-refractivity contribution is 7.15. The second kappa shape index (κ2) is 7.02. The number of carbonyl (C=O) groups excluding carboxylic acids is 1. The minimum Gasteiger partial charge on any atom is -0.351 e. The lowest BCUT2D eigenvalue weighted by molar-refractivity contribution is 0.102. The number of hydrogen-bond acceptors (Lipinski definition) is 4. The van der Waals surface area contributed by atoms with E-state index in [-0.39, 0.29) is 11.7 Å². The Hall–Kier alpha value is -3.50. The quantitative estimate of drug-likeness (QED) is 0.551. The number of aromatic nitrogens is 2. The molecule has 1 amide bonds.